The Kier molecular flexibility index (Phi) is 3.02. The first-order chi connectivity index (χ1) is 5.61. The van der Waals surface area contributed by atoms with Crippen LogP contribution in [-0.2, 0) is 4.79 Å². The van der Waals surface area contributed by atoms with E-state index in [1.54, 1.807) is 0 Å². The predicted octanol–water partition coefficient (Wildman–Crippen LogP) is -1.88. The summed E-state index contributed by atoms with van der Waals surface area (Å²) in [5, 5.41) is 12.2. The first kappa shape index (κ1) is 9.44. The standard InChI is InChI=1S/C7H15N3O2/c8-5(6(9)11)3-4-1-2-10-7(4)12/h4-5,7,10,12H,1-3,8H2,(H2,9,11)/t4-,5-,7?/m0/s1. The Bertz CT molecular complexity index is 174. The van der Waals surface area contributed by atoms with Crippen LogP contribution in [0.4, 0.5) is 0 Å². The molecule has 1 fully saturated rings. The van der Waals surface area contributed by atoms with Crippen molar-refractivity contribution in [2.24, 2.45) is 17.4 Å². The molecular weight excluding hydrogens is 158 g/mol. The summed E-state index contributed by atoms with van der Waals surface area (Å²) in [4.78, 5) is 10.6. The van der Waals surface area contributed by atoms with Gasteiger partial charge < -0.3 is 16.6 Å². The molecule has 1 saturated heterocycles. The zero-order chi connectivity index (χ0) is 9.14. The molecule has 70 valence electrons. The summed E-state index contributed by atoms with van der Waals surface area (Å²) in [6.45, 7) is 0.775. The number of carbonyl (C=O) groups excluding carboxylic acids is 1. The third-order valence-corrected chi connectivity index (χ3v) is 2.24. The van der Waals surface area contributed by atoms with Crippen molar-refractivity contribution < 1.29 is 9.90 Å². The molecule has 0 aromatic heterocycles. The average Bonchev–Trinajstić information content (AvgIpc) is 2.36. The summed E-state index contributed by atoms with van der Waals surface area (Å²) in [6.07, 6.45) is 0.779. The van der Waals surface area contributed by atoms with Crippen LogP contribution >= 0.6 is 0 Å². The van der Waals surface area contributed by atoms with Crippen LogP contribution < -0.4 is 16.8 Å². The Balaban J connectivity index is 2.35. The van der Waals surface area contributed by atoms with Crippen molar-refractivity contribution in [3.05, 3.63) is 0 Å². The number of carbonyl (C=O) groups is 1. The molecule has 1 aliphatic rings. The molecule has 1 amide bonds. The zero-order valence-corrected chi connectivity index (χ0v) is 6.86. The van der Waals surface area contributed by atoms with E-state index < -0.39 is 18.2 Å². The maximum atomic E-state index is 10.6. The van der Waals surface area contributed by atoms with Crippen LogP contribution in [0.5, 0.6) is 0 Å². The molecular formula is C7H15N3O2. The Hall–Kier alpha value is -0.650. The average molecular weight is 173 g/mol. The zero-order valence-electron chi connectivity index (χ0n) is 6.86. The first-order valence-electron chi connectivity index (χ1n) is 4.07. The van der Waals surface area contributed by atoms with E-state index in [1.807, 2.05) is 0 Å². The quantitative estimate of drug-likeness (QED) is 0.401. The number of primary amides is 1. The molecule has 0 spiro atoms. The van der Waals surface area contributed by atoms with Gasteiger partial charge in [-0.2, -0.15) is 0 Å². The van der Waals surface area contributed by atoms with Gasteiger partial charge in [-0.1, -0.05) is 0 Å². The van der Waals surface area contributed by atoms with Crippen molar-refractivity contribution in [3.63, 3.8) is 0 Å². The van der Waals surface area contributed by atoms with Gasteiger partial charge in [-0.15, -0.1) is 0 Å². The molecule has 5 heteroatoms. The monoisotopic (exact) mass is 173 g/mol. The summed E-state index contributed by atoms with van der Waals surface area (Å²) in [5.74, 6) is -0.443. The SMILES string of the molecule is NC(=O)[C@@H](N)C[C@@H]1CCNC1O. The summed E-state index contributed by atoms with van der Waals surface area (Å²) < 4.78 is 0. The minimum atomic E-state index is -0.635. The molecule has 1 aliphatic heterocycles. The second kappa shape index (κ2) is 3.84. The van der Waals surface area contributed by atoms with E-state index in [2.05, 4.69) is 5.32 Å². The van der Waals surface area contributed by atoms with Crippen molar-refractivity contribution in [2.75, 3.05) is 6.54 Å². The van der Waals surface area contributed by atoms with Crippen molar-refractivity contribution in [1.29, 1.82) is 0 Å². The van der Waals surface area contributed by atoms with Gasteiger partial charge in [0, 0.05) is 5.92 Å². The maximum absolute atomic E-state index is 10.6. The predicted molar refractivity (Wildman–Crippen MR) is 43.9 cm³/mol. The van der Waals surface area contributed by atoms with Gasteiger partial charge in [0.1, 0.15) is 6.23 Å². The van der Waals surface area contributed by atoms with E-state index in [0.717, 1.165) is 13.0 Å². The summed E-state index contributed by atoms with van der Waals surface area (Å²) >= 11 is 0. The van der Waals surface area contributed by atoms with Gasteiger partial charge in [-0.05, 0) is 19.4 Å². The Labute approximate surface area is 71.1 Å². The molecule has 1 heterocycles. The number of aliphatic hydroxyl groups excluding tert-OH is 1. The highest BCUT2D eigenvalue weighted by Crippen LogP contribution is 2.18. The van der Waals surface area contributed by atoms with Gasteiger partial charge in [0.25, 0.3) is 0 Å². The largest absolute Gasteiger partial charge is 0.378 e. The lowest BCUT2D eigenvalue weighted by Gasteiger charge is -2.16. The highest BCUT2D eigenvalue weighted by molar-refractivity contribution is 5.79. The van der Waals surface area contributed by atoms with Crippen LogP contribution in [0.1, 0.15) is 12.8 Å². The van der Waals surface area contributed by atoms with Crippen LogP contribution in [0.15, 0.2) is 0 Å². The van der Waals surface area contributed by atoms with Crippen LogP contribution in [-0.4, -0.2) is 29.8 Å². The fraction of sp³-hybridized carbons (Fsp3) is 0.857. The molecule has 0 aromatic rings. The molecule has 0 saturated carbocycles. The van der Waals surface area contributed by atoms with Crippen LogP contribution in [0.25, 0.3) is 0 Å². The second-order valence-corrected chi connectivity index (χ2v) is 3.19. The number of nitrogens with one attached hydrogen (secondary N) is 1. The highest BCUT2D eigenvalue weighted by atomic mass is 16.3. The molecule has 1 unspecified atom stereocenters. The summed E-state index contributed by atoms with van der Waals surface area (Å²) in [7, 11) is 0. The first-order valence-corrected chi connectivity index (χ1v) is 4.07. The van der Waals surface area contributed by atoms with Gasteiger partial charge in [0.15, 0.2) is 0 Å². The number of nitrogens with two attached hydrogens (primary N) is 2. The normalized spacial score (nSPS) is 31.8. The second-order valence-electron chi connectivity index (χ2n) is 3.19. The van der Waals surface area contributed by atoms with Gasteiger partial charge in [0.2, 0.25) is 5.91 Å². The Morgan fingerprint density at radius 2 is 2.42 bits per heavy atom. The van der Waals surface area contributed by atoms with Gasteiger partial charge in [-0.3, -0.25) is 10.1 Å². The van der Waals surface area contributed by atoms with Crippen LogP contribution in [0, 0.1) is 5.92 Å². The number of rotatable bonds is 3. The lowest BCUT2D eigenvalue weighted by molar-refractivity contribution is -0.119. The molecule has 1 rings (SSSR count). The van der Waals surface area contributed by atoms with Crippen molar-refractivity contribution in [1.82, 2.24) is 5.32 Å². The van der Waals surface area contributed by atoms with E-state index in [9.17, 15) is 9.90 Å². The van der Waals surface area contributed by atoms with Crippen LogP contribution in [0.2, 0.25) is 0 Å². The number of hydrogen-bond donors (Lipinski definition) is 4. The minimum absolute atomic E-state index is 0.0625. The highest BCUT2D eigenvalue weighted by Gasteiger charge is 2.27. The van der Waals surface area contributed by atoms with Crippen molar-refractivity contribution >= 4 is 5.91 Å². The molecule has 6 N–H and O–H groups in total. The van der Waals surface area contributed by atoms with Gasteiger partial charge >= 0.3 is 0 Å². The van der Waals surface area contributed by atoms with E-state index >= 15 is 0 Å². The van der Waals surface area contributed by atoms with E-state index in [-0.39, 0.29) is 5.92 Å². The van der Waals surface area contributed by atoms with Gasteiger partial charge in [-0.25, -0.2) is 0 Å². The fourth-order valence-corrected chi connectivity index (χ4v) is 1.43. The fourth-order valence-electron chi connectivity index (χ4n) is 1.43. The van der Waals surface area contributed by atoms with Crippen molar-refractivity contribution in [3.8, 4) is 0 Å². The van der Waals surface area contributed by atoms with Crippen molar-refractivity contribution in [2.45, 2.75) is 25.1 Å². The number of hydrogen-bond acceptors (Lipinski definition) is 4. The van der Waals surface area contributed by atoms with Gasteiger partial charge in [0.05, 0.1) is 6.04 Å². The third kappa shape index (κ3) is 2.17. The third-order valence-electron chi connectivity index (χ3n) is 2.24. The minimum Gasteiger partial charge on any atom is -0.378 e. The van der Waals surface area contributed by atoms with E-state index in [4.69, 9.17) is 11.5 Å². The van der Waals surface area contributed by atoms with E-state index in [0.29, 0.717) is 6.42 Å². The lowest BCUT2D eigenvalue weighted by Crippen LogP contribution is -2.40. The lowest BCUT2D eigenvalue weighted by atomic mass is 9.98. The number of amides is 1. The molecule has 0 radical (unpaired) electrons. The molecule has 3 atom stereocenters. The molecule has 0 aromatic carbocycles. The topological polar surface area (TPSA) is 101 Å². The molecule has 0 aliphatic carbocycles. The summed E-state index contributed by atoms with van der Waals surface area (Å²) in [5.41, 5.74) is 10.4. The Morgan fingerprint density at radius 1 is 1.75 bits per heavy atom. The Morgan fingerprint density at radius 3 is 2.83 bits per heavy atom. The van der Waals surface area contributed by atoms with E-state index in [1.165, 1.54) is 0 Å². The maximum Gasteiger partial charge on any atom is 0.234 e. The van der Waals surface area contributed by atoms with Crippen LogP contribution in [0.3, 0.4) is 0 Å². The molecule has 12 heavy (non-hydrogen) atoms. The summed E-state index contributed by atoms with van der Waals surface area (Å²) in [6, 6.07) is -0.635. The number of aliphatic hydroxyl groups is 1. The molecule has 0 bridgehead atoms. The molecule has 5 nitrogen and oxygen atoms in total. The smallest absolute Gasteiger partial charge is 0.234 e.